The van der Waals surface area contributed by atoms with Gasteiger partial charge in [-0.25, -0.2) is 4.98 Å². The number of hydrogen-bond acceptors (Lipinski definition) is 4. The first-order valence-corrected chi connectivity index (χ1v) is 6.12. The molecule has 4 heteroatoms. The molecule has 0 fully saturated rings. The molecular formula is C11H20N2OS. The van der Waals surface area contributed by atoms with Crippen LogP contribution in [-0.2, 0) is 6.54 Å². The normalized spacial score (nSPS) is 15.6. The molecule has 1 aromatic rings. The van der Waals surface area contributed by atoms with E-state index in [1.165, 1.54) is 4.88 Å². The quantitative estimate of drug-likeness (QED) is 0.838. The van der Waals surface area contributed by atoms with Gasteiger partial charge in [0.15, 0.2) is 0 Å². The minimum Gasteiger partial charge on any atom is -0.389 e. The summed E-state index contributed by atoms with van der Waals surface area (Å²) in [6.07, 6.45) is 0.777. The van der Waals surface area contributed by atoms with Gasteiger partial charge in [-0.05, 0) is 27.3 Å². The maximum Gasteiger partial charge on any atom is 0.0798 e. The highest BCUT2D eigenvalue weighted by molar-refractivity contribution is 7.09. The molecule has 1 rings (SSSR count). The molecule has 0 bridgehead atoms. The van der Waals surface area contributed by atoms with Gasteiger partial charge in [-0.15, -0.1) is 11.3 Å². The van der Waals surface area contributed by atoms with Crippen LogP contribution >= 0.6 is 11.3 Å². The maximum absolute atomic E-state index is 9.94. The van der Waals surface area contributed by atoms with Crippen LogP contribution in [0.4, 0.5) is 0 Å². The molecule has 0 aliphatic carbocycles. The first-order chi connectivity index (χ1) is 6.94. The van der Waals surface area contributed by atoms with E-state index in [4.69, 9.17) is 0 Å². The van der Waals surface area contributed by atoms with Crippen molar-refractivity contribution in [2.75, 3.05) is 13.6 Å². The fourth-order valence-corrected chi connectivity index (χ4v) is 2.33. The van der Waals surface area contributed by atoms with E-state index in [1.807, 2.05) is 33.3 Å². The van der Waals surface area contributed by atoms with E-state index in [-0.39, 0.29) is 0 Å². The molecule has 15 heavy (non-hydrogen) atoms. The zero-order chi connectivity index (χ0) is 11.5. The van der Waals surface area contributed by atoms with E-state index < -0.39 is 5.60 Å². The zero-order valence-corrected chi connectivity index (χ0v) is 10.8. The first kappa shape index (κ1) is 12.6. The molecule has 1 unspecified atom stereocenters. The summed E-state index contributed by atoms with van der Waals surface area (Å²) in [5, 5.41) is 9.94. The molecule has 0 spiro atoms. The van der Waals surface area contributed by atoms with Gasteiger partial charge in [0, 0.05) is 18.0 Å². The van der Waals surface area contributed by atoms with Crippen LogP contribution in [0.3, 0.4) is 0 Å². The van der Waals surface area contributed by atoms with Crippen LogP contribution in [0.25, 0.3) is 0 Å². The lowest BCUT2D eigenvalue weighted by molar-refractivity contribution is 0.0219. The van der Waals surface area contributed by atoms with E-state index in [9.17, 15) is 5.11 Å². The van der Waals surface area contributed by atoms with Crippen molar-refractivity contribution in [3.63, 3.8) is 0 Å². The molecule has 0 saturated carbocycles. The highest BCUT2D eigenvalue weighted by Crippen LogP contribution is 2.16. The molecule has 0 amide bonds. The van der Waals surface area contributed by atoms with Crippen molar-refractivity contribution in [3.8, 4) is 0 Å². The summed E-state index contributed by atoms with van der Waals surface area (Å²) in [5.41, 5.74) is 2.38. The van der Waals surface area contributed by atoms with Crippen molar-refractivity contribution < 1.29 is 5.11 Å². The van der Waals surface area contributed by atoms with E-state index in [0.29, 0.717) is 6.54 Å². The van der Waals surface area contributed by atoms with E-state index in [1.54, 1.807) is 11.3 Å². The Balaban J connectivity index is 2.50. The summed E-state index contributed by atoms with van der Waals surface area (Å²) in [6, 6.07) is 0. The average Bonchev–Trinajstić information content (AvgIpc) is 2.51. The molecule has 0 aromatic carbocycles. The maximum atomic E-state index is 9.94. The van der Waals surface area contributed by atoms with Crippen molar-refractivity contribution >= 4 is 11.3 Å². The molecule has 3 nitrogen and oxygen atoms in total. The van der Waals surface area contributed by atoms with Crippen LogP contribution < -0.4 is 0 Å². The van der Waals surface area contributed by atoms with Gasteiger partial charge >= 0.3 is 0 Å². The predicted molar refractivity (Wildman–Crippen MR) is 64.1 cm³/mol. The average molecular weight is 228 g/mol. The number of nitrogens with zero attached hydrogens (tertiary/aromatic N) is 2. The van der Waals surface area contributed by atoms with Gasteiger partial charge < -0.3 is 5.11 Å². The topological polar surface area (TPSA) is 36.4 Å². The van der Waals surface area contributed by atoms with Crippen LogP contribution in [0.2, 0.25) is 0 Å². The zero-order valence-electron chi connectivity index (χ0n) is 9.95. The minimum atomic E-state index is -0.590. The molecule has 0 aliphatic heterocycles. The van der Waals surface area contributed by atoms with Gasteiger partial charge in [-0.2, -0.15) is 0 Å². The van der Waals surface area contributed by atoms with Crippen molar-refractivity contribution in [1.29, 1.82) is 0 Å². The second-order valence-corrected chi connectivity index (χ2v) is 5.32. The third kappa shape index (κ3) is 3.89. The molecule has 86 valence electrons. The van der Waals surface area contributed by atoms with Crippen molar-refractivity contribution in [3.05, 3.63) is 16.1 Å². The molecule has 0 radical (unpaired) electrons. The van der Waals surface area contributed by atoms with Crippen LogP contribution in [-0.4, -0.2) is 34.2 Å². The Morgan fingerprint density at radius 3 is 2.73 bits per heavy atom. The largest absolute Gasteiger partial charge is 0.389 e. The number of aromatic nitrogens is 1. The number of likely N-dealkylation sites (N-methyl/N-ethyl adjacent to an activating group) is 1. The standard InChI is InChI=1S/C11H20N2OS/c1-5-11(3,14)7-13(4)6-10-9(2)12-8-15-10/h8,14H,5-7H2,1-4H3. The Hall–Kier alpha value is -0.450. The van der Waals surface area contributed by atoms with Gasteiger partial charge in [0.25, 0.3) is 0 Å². The molecule has 1 aromatic heterocycles. The number of thiazole rings is 1. The monoisotopic (exact) mass is 228 g/mol. The molecule has 0 saturated heterocycles. The Morgan fingerprint density at radius 2 is 2.27 bits per heavy atom. The Labute approximate surface area is 95.8 Å². The summed E-state index contributed by atoms with van der Waals surface area (Å²) in [5.74, 6) is 0. The lowest BCUT2D eigenvalue weighted by Gasteiger charge is -2.27. The van der Waals surface area contributed by atoms with Gasteiger partial charge in [0.1, 0.15) is 0 Å². The highest BCUT2D eigenvalue weighted by Gasteiger charge is 2.20. The third-order valence-corrected chi connectivity index (χ3v) is 3.55. The second-order valence-electron chi connectivity index (χ2n) is 4.38. The lowest BCUT2D eigenvalue weighted by atomic mass is 10.0. The van der Waals surface area contributed by atoms with E-state index >= 15 is 0 Å². The first-order valence-electron chi connectivity index (χ1n) is 5.24. The van der Waals surface area contributed by atoms with Crippen LogP contribution in [0, 0.1) is 6.92 Å². The van der Waals surface area contributed by atoms with Crippen LogP contribution in [0.15, 0.2) is 5.51 Å². The number of aryl methyl sites for hydroxylation is 1. The van der Waals surface area contributed by atoms with Crippen LogP contribution in [0.5, 0.6) is 0 Å². The highest BCUT2D eigenvalue weighted by atomic mass is 32.1. The van der Waals surface area contributed by atoms with Crippen LogP contribution in [0.1, 0.15) is 30.8 Å². The summed E-state index contributed by atoms with van der Waals surface area (Å²) >= 11 is 1.68. The fraction of sp³-hybridized carbons (Fsp3) is 0.727. The summed E-state index contributed by atoms with van der Waals surface area (Å²) < 4.78 is 0. The Morgan fingerprint density at radius 1 is 1.60 bits per heavy atom. The molecular weight excluding hydrogens is 208 g/mol. The van der Waals surface area contributed by atoms with Crippen molar-refractivity contribution in [2.24, 2.45) is 0 Å². The third-order valence-electron chi connectivity index (χ3n) is 2.63. The molecule has 0 aliphatic rings. The summed E-state index contributed by atoms with van der Waals surface area (Å²) in [6.45, 7) is 7.47. The van der Waals surface area contributed by atoms with Crippen molar-refractivity contribution in [1.82, 2.24) is 9.88 Å². The van der Waals surface area contributed by atoms with Crippen molar-refractivity contribution in [2.45, 2.75) is 39.3 Å². The van der Waals surface area contributed by atoms with Gasteiger partial charge in [-0.3, -0.25) is 4.90 Å². The predicted octanol–water partition coefficient (Wildman–Crippen LogP) is 2.04. The smallest absolute Gasteiger partial charge is 0.0798 e. The number of aliphatic hydroxyl groups is 1. The SMILES string of the molecule is CCC(C)(O)CN(C)Cc1scnc1C. The van der Waals surface area contributed by atoms with Gasteiger partial charge in [0.05, 0.1) is 16.8 Å². The number of hydrogen-bond donors (Lipinski definition) is 1. The van der Waals surface area contributed by atoms with Gasteiger partial charge in [-0.1, -0.05) is 6.92 Å². The second kappa shape index (κ2) is 5.05. The Kier molecular flexibility index (Phi) is 4.25. The summed E-state index contributed by atoms with van der Waals surface area (Å²) in [4.78, 5) is 7.64. The molecule has 1 atom stereocenters. The Bertz CT molecular complexity index is 309. The summed E-state index contributed by atoms with van der Waals surface area (Å²) in [7, 11) is 2.03. The molecule has 1 N–H and O–H groups in total. The minimum absolute atomic E-state index is 0.590. The van der Waals surface area contributed by atoms with E-state index in [2.05, 4.69) is 9.88 Å². The fourth-order valence-electron chi connectivity index (χ4n) is 1.47. The molecule has 1 heterocycles. The van der Waals surface area contributed by atoms with E-state index in [0.717, 1.165) is 18.7 Å². The van der Waals surface area contributed by atoms with Gasteiger partial charge in [0.2, 0.25) is 0 Å². The lowest BCUT2D eigenvalue weighted by Crippen LogP contribution is -2.37. The number of rotatable bonds is 5.